The Balaban J connectivity index is 1.75. The molecule has 0 aliphatic heterocycles. The highest BCUT2D eigenvalue weighted by Crippen LogP contribution is 2.29. The van der Waals surface area contributed by atoms with E-state index < -0.39 is 10.9 Å². The summed E-state index contributed by atoms with van der Waals surface area (Å²) in [5.41, 5.74) is 0.669. The molecule has 24 heavy (non-hydrogen) atoms. The Kier molecular flexibility index (Phi) is 4.11. The summed E-state index contributed by atoms with van der Waals surface area (Å²) in [4.78, 5) is 22.3. The van der Waals surface area contributed by atoms with E-state index in [0.29, 0.717) is 10.9 Å². The Morgan fingerprint density at radius 1 is 1.04 bits per heavy atom. The Morgan fingerprint density at radius 2 is 1.75 bits per heavy atom. The molecule has 0 unspecified atom stereocenters. The van der Waals surface area contributed by atoms with Crippen LogP contribution in [0.1, 0.15) is 15.9 Å². The van der Waals surface area contributed by atoms with Crippen molar-refractivity contribution in [3.8, 4) is 5.75 Å². The lowest BCUT2D eigenvalue weighted by molar-refractivity contribution is -0.384. The first-order valence-electron chi connectivity index (χ1n) is 7.17. The number of fused-ring (bicyclic) bond motifs is 1. The molecule has 1 N–H and O–H groups in total. The minimum absolute atomic E-state index is 0.0303. The van der Waals surface area contributed by atoms with Gasteiger partial charge in [0.2, 0.25) is 0 Å². The van der Waals surface area contributed by atoms with Crippen LogP contribution >= 0.6 is 0 Å². The van der Waals surface area contributed by atoms with Crippen molar-refractivity contribution in [3.05, 3.63) is 81.9 Å². The lowest BCUT2D eigenvalue weighted by atomic mass is 10.1. The van der Waals surface area contributed by atoms with Crippen LogP contribution in [0.15, 0.2) is 60.7 Å². The Labute approximate surface area is 137 Å². The molecule has 120 valence electrons. The number of benzene rings is 3. The van der Waals surface area contributed by atoms with Crippen LogP contribution in [-0.2, 0) is 11.3 Å². The van der Waals surface area contributed by atoms with Gasteiger partial charge >= 0.3 is 5.97 Å². The molecule has 3 aromatic carbocycles. The zero-order chi connectivity index (χ0) is 17.1. The van der Waals surface area contributed by atoms with Gasteiger partial charge in [0, 0.05) is 17.5 Å². The molecule has 6 nitrogen and oxygen atoms in total. The molecule has 0 saturated carbocycles. The van der Waals surface area contributed by atoms with Crippen LogP contribution in [0.5, 0.6) is 5.75 Å². The number of nitro benzene ring substituents is 1. The highest BCUT2D eigenvalue weighted by atomic mass is 16.6. The summed E-state index contributed by atoms with van der Waals surface area (Å²) in [6.45, 7) is -0.0386. The molecular formula is C18H13NO5. The molecule has 0 aliphatic carbocycles. The number of carbonyl (C=O) groups is 1. The fourth-order valence-electron chi connectivity index (χ4n) is 2.36. The lowest BCUT2D eigenvalue weighted by Gasteiger charge is -2.08. The van der Waals surface area contributed by atoms with Gasteiger partial charge in [-0.2, -0.15) is 0 Å². The van der Waals surface area contributed by atoms with E-state index in [2.05, 4.69) is 0 Å². The van der Waals surface area contributed by atoms with Crippen LogP contribution in [0.3, 0.4) is 0 Å². The van der Waals surface area contributed by atoms with Gasteiger partial charge in [-0.25, -0.2) is 4.79 Å². The zero-order valence-corrected chi connectivity index (χ0v) is 12.5. The van der Waals surface area contributed by atoms with Gasteiger partial charge < -0.3 is 9.84 Å². The zero-order valence-electron chi connectivity index (χ0n) is 12.5. The number of phenols is 1. The number of hydrogen-bond donors (Lipinski definition) is 1. The molecule has 6 heteroatoms. The summed E-state index contributed by atoms with van der Waals surface area (Å²) in [5.74, 6) is -0.779. The largest absolute Gasteiger partial charge is 0.506 e. The normalized spacial score (nSPS) is 10.5. The number of carbonyl (C=O) groups excluding carboxylic acids is 1. The summed E-state index contributed by atoms with van der Waals surface area (Å²) >= 11 is 0. The monoisotopic (exact) mass is 323 g/mol. The van der Waals surface area contributed by atoms with E-state index >= 15 is 0 Å². The number of aromatic hydroxyl groups is 1. The number of nitro groups is 1. The van der Waals surface area contributed by atoms with Crippen molar-refractivity contribution in [1.82, 2.24) is 0 Å². The molecule has 0 atom stereocenters. The number of ether oxygens (including phenoxy) is 1. The second-order valence-corrected chi connectivity index (χ2v) is 5.18. The maximum absolute atomic E-state index is 12.2. The fraction of sp³-hybridized carbons (Fsp3) is 0.0556. The van der Waals surface area contributed by atoms with Crippen LogP contribution in [0, 0.1) is 10.1 Å². The van der Waals surface area contributed by atoms with E-state index in [-0.39, 0.29) is 23.6 Å². The summed E-state index contributed by atoms with van der Waals surface area (Å²) in [6.07, 6.45) is 0. The molecule has 0 fully saturated rings. The first-order valence-corrected chi connectivity index (χ1v) is 7.17. The Morgan fingerprint density at radius 3 is 2.46 bits per heavy atom. The smallest absolute Gasteiger partial charge is 0.342 e. The van der Waals surface area contributed by atoms with Gasteiger partial charge in [-0.05, 0) is 29.1 Å². The average molecular weight is 323 g/mol. The number of non-ortho nitro benzene ring substituents is 1. The topological polar surface area (TPSA) is 89.7 Å². The molecule has 0 heterocycles. The van der Waals surface area contributed by atoms with Crippen molar-refractivity contribution in [3.63, 3.8) is 0 Å². The van der Waals surface area contributed by atoms with Gasteiger partial charge in [-0.3, -0.25) is 10.1 Å². The van der Waals surface area contributed by atoms with Crippen LogP contribution in [0.4, 0.5) is 5.69 Å². The van der Waals surface area contributed by atoms with Crippen molar-refractivity contribution in [2.75, 3.05) is 0 Å². The van der Waals surface area contributed by atoms with Gasteiger partial charge in [0.05, 0.1) is 4.92 Å². The summed E-state index contributed by atoms with van der Waals surface area (Å²) < 4.78 is 5.18. The Bertz CT molecular complexity index is 918. The molecule has 3 aromatic rings. The summed E-state index contributed by atoms with van der Waals surface area (Å²) in [7, 11) is 0. The highest BCUT2D eigenvalue weighted by Gasteiger charge is 2.15. The summed E-state index contributed by atoms with van der Waals surface area (Å²) in [6, 6.07) is 16.1. The quantitative estimate of drug-likeness (QED) is 0.448. The molecule has 0 aliphatic rings. The maximum atomic E-state index is 12.2. The molecule has 0 bridgehead atoms. The first kappa shape index (κ1) is 15.5. The van der Waals surface area contributed by atoms with E-state index in [1.54, 1.807) is 18.2 Å². The van der Waals surface area contributed by atoms with Crippen molar-refractivity contribution in [2.24, 2.45) is 0 Å². The maximum Gasteiger partial charge on any atom is 0.342 e. The number of rotatable bonds is 4. The molecule has 0 spiro atoms. The van der Waals surface area contributed by atoms with Gasteiger partial charge in [0.25, 0.3) is 5.69 Å². The van der Waals surface area contributed by atoms with Crippen molar-refractivity contribution in [2.45, 2.75) is 6.61 Å². The van der Waals surface area contributed by atoms with Crippen molar-refractivity contribution >= 4 is 22.4 Å². The fourth-order valence-corrected chi connectivity index (χ4v) is 2.36. The van der Waals surface area contributed by atoms with Crippen molar-refractivity contribution < 1.29 is 19.6 Å². The van der Waals surface area contributed by atoms with Gasteiger partial charge in [-0.1, -0.05) is 30.3 Å². The number of phenolic OH excluding ortho intramolecular Hbond substituents is 1. The van der Waals surface area contributed by atoms with Crippen molar-refractivity contribution in [1.29, 1.82) is 0 Å². The minimum atomic E-state index is -0.656. The van der Waals surface area contributed by atoms with Crippen LogP contribution in [-0.4, -0.2) is 16.0 Å². The number of esters is 1. The SMILES string of the molecule is O=C(OCc1ccc([N+](=O)[O-])cc1)c1ccc2ccccc2c1O. The predicted molar refractivity (Wildman–Crippen MR) is 87.8 cm³/mol. The van der Waals surface area contributed by atoms with Crippen LogP contribution in [0.25, 0.3) is 10.8 Å². The molecular weight excluding hydrogens is 310 g/mol. The number of hydrogen-bond acceptors (Lipinski definition) is 5. The molecule has 0 aromatic heterocycles. The van der Waals surface area contributed by atoms with E-state index in [4.69, 9.17) is 4.74 Å². The third kappa shape index (κ3) is 3.03. The third-order valence-electron chi connectivity index (χ3n) is 3.64. The van der Waals surface area contributed by atoms with Gasteiger partial charge in [0.15, 0.2) is 0 Å². The lowest BCUT2D eigenvalue weighted by Crippen LogP contribution is -2.05. The summed E-state index contributed by atoms with van der Waals surface area (Å²) in [5, 5.41) is 22.2. The Hall–Kier alpha value is -3.41. The van der Waals surface area contributed by atoms with E-state index in [1.165, 1.54) is 30.3 Å². The van der Waals surface area contributed by atoms with Gasteiger partial charge in [0.1, 0.15) is 17.9 Å². The standard InChI is InChI=1S/C18H13NO5/c20-17-15-4-2-1-3-13(15)7-10-16(17)18(21)24-11-12-5-8-14(9-6-12)19(22)23/h1-10,20H,11H2. The molecule has 0 amide bonds. The molecule has 0 saturated heterocycles. The first-order chi connectivity index (χ1) is 11.6. The average Bonchev–Trinajstić information content (AvgIpc) is 2.60. The number of nitrogens with zero attached hydrogens (tertiary/aromatic N) is 1. The third-order valence-corrected chi connectivity index (χ3v) is 3.64. The van der Waals surface area contributed by atoms with Gasteiger partial charge in [-0.15, -0.1) is 0 Å². The second kappa shape index (κ2) is 6.37. The minimum Gasteiger partial charge on any atom is -0.506 e. The second-order valence-electron chi connectivity index (χ2n) is 5.18. The van der Waals surface area contributed by atoms with E-state index in [9.17, 15) is 20.0 Å². The van der Waals surface area contributed by atoms with Crippen LogP contribution in [0.2, 0.25) is 0 Å². The van der Waals surface area contributed by atoms with Crippen LogP contribution < -0.4 is 0 Å². The van der Waals surface area contributed by atoms with E-state index in [1.807, 2.05) is 12.1 Å². The highest BCUT2D eigenvalue weighted by molar-refractivity contribution is 6.01. The predicted octanol–water partition coefficient (Wildman–Crippen LogP) is 3.81. The molecule has 0 radical (unpaired) electrons. The van der Waals surface area contributed by atoms with E-state index in [0.717, 1.165) is 5.39 Å². The molecule has 3 rings (SSSR count).